The van der Waals surface area contributed by atoms with Gasteiger partial charge in [0.25, 0.3) is 0 Å². The van der Waals surface area contributed by atoms with E-state index in [1.807, 2.05) is 0 Å². The first-order chi connectivity index (χ1) is 7.34. The summed E-state index contributed by atoms with van der Waals surface area (Å²) >= 11 is 0. The van der Waals surface area contributed by atoms with Gasteiger partial charge in [0.1, 0.15) is 5.82 Å². The lowest BCUT2D eigenvalue weighted by atomic mass is 10.1. The second kappa shape index (κ2) is 3.59. The Hall–Kier alpha value is -0.900. The fourth-order valence-electron chi connectivity index (χ4n) is 2.63. The topological polar surface area (TPSA) is 42.7 Å². The van der Waals surface area contributed by atoms with Gasteiger partial charge in [-0.3, -0.25) is 0 Å². The zero-order valence-electron chi connectivity index (χ0n) is 9.24. The number of nitrogens with one attached hydrogen (secondary N) is 1. The van der Waals surface area contributed by atoms with Gasteiger partial charge < -0.3 is 5.32 Å². The molecule has 2 aliphatic heterocycles. The first-order valence-electron chi connectivity index (χ1n) is 6.03. The van der Waals surface area contributed by atoms with Crippen molar-refractivity contribution in [3.63, 3.8) is 0 Å². The third kappa shape index (κ3) is 1.57. The molecule has 82 valence electrons. The Labute approximate surface area is 90.1 Å². The molecule has 4 nitrogen and oxygen atoms in total. The van der Waals surface area contributed by atoms with Gasteiger partial charge in [-0.1, -0.05) is 0 Å². The Morgan fingerprint density at radius 3 is 3.00 bits per heavy atom. The Kier molecular flexibility index (Phi) is 2.24. The molecule has 2 aliphatic rings. The van der Waals surface area contributed by atoms with Crippen LogP contribution in [0.2, 0.25) is 0 Å². The Morgan fingerprint density at radius 1 is 1.33 bits per heavy atom. The maximum absolute atomic E-state index is 4.67. The zero-order chi connectivity index (χ0) is 10.3. The van der Waals surface area contributed by atoms with E-state index in [4.69, 9.17) is 0 Å². The van der Waals surface area contributed by atoms with E-state index >= 15 is 0 Å². The van der Waals surface area contributed by atoms with Crippen LogP contribution < -0.4 is 5.32 Å². The van der Waals surface area contributed by atoms with Crippen molar-refractivity contribution in [2.45, 2.75) is 51.1 Å². The maximum Gasteiger partial charge on any atom is 0.167 e. The van der Waals surface area contributed by atoms with Crippen LogP contribution in [0.4, 0.5) is 0 Å². The lowest BCUT2D eigenvalue weighted by Crippen LogP contribution is -2.17. The molecule has 3 heterocycles. The second-order valence-corrected chi connectivity index (χ2v) is 4.72. The van der Waals surface area contributed by atoms with Crippen LogP contribution >= 0.6 is 0 Å². The van der Waals surface area contributed by atoms with Gasteiger partial charge in [0.2, 0.25) is 0 Å². The van der Waals surface area contributed by atoms with Crippen molar-refractivity contribution in [2.75, 3.05) is 6.54 Å². The molecule has 0 aromatic carbocycles. The van der Waals surface area contributed by atoms with Gasteiger partial charge in [0.15, 0.2) is 5.82 Å². The van der Waals surface area contributed by atoms with Gasteiger partial charge in [0, 0.05) is 6.42 Å². The highest BCUT2D eigenvalue weighted by atomic mass is 15.4. The molecular formula is C11H18N4. The van der Waals surface area contributed by atoms with E-state index in [2.05, 4.69) is 27.0 Å². The number of fused-ring (bicyclic) bond motifs is 1. The predicted molar refractivity (Wildman–Crippen MR) is 57.6 cm³/mol. The number of hydrogen-bond acceptors (Lipinski definition) is 3. The van der Waals surface area contributed by atoms with Crippen molar-refractivity contribution in [1.82, 2.24) is 20.1 Å². The highest BCUT2D eigenvalue weighted by molar-refractivity contribution is 5.03. The molecule has 0 aliphatic carbocycles. The molecule has 15 heavy (non-hydrogen) atoms. The first-order valence-corrected chi connectivity index (χ1v) is 6.03. The molecule has 2 unspecified atom stereocenters. The summed E-state index contributed by atoms with van der Waals surface area (Å²) in [5.41, 5.74) is 0. The maximum atomic E-state index is 4.67. The third-order valence-corrected chi connectivity index (χ3v) is 3.53. The van der Waals surface area contributed by atoms with Gasteiger partial charge in [0.05, 0.1) is 12.1 Å². The van der Waals surface area contributed by atoms with Gasteiger partial charge in [-0.05, 0) is 39.2 Å². The van der Waals surface area contributed by atoms with E-state index in [1.54, 1.807) is 0 Å². The molecule has 3 rings (SSSR count). The van der Waals surface area contributed by atoms with E-state index in [1.165, 1.54) is 31.5 Å². The predicted octanol–water partition coefficient (Wildman–Crippen LogP) is 1.60. The summed E-state index contributed by atoms with van der Waals surface area (Å²) in [6.07, 6.45) is 6.05. The van der Waals surface area contributed by atoms with Crippen LogP contribution in [0.25, 0.3) is 0 Å². The molecule has 1 saturated heterocycles. The Bertz CT molecular complexity index is 351. The summed E-state index contributed by atoms with van der Waals surface area (Å²) in [7, 11) is 0. The molecule has 0 radical (unpaired) electrons. The quantitative estimate of drug-likeness (QED) is 0.759. The van der Waals surface area contributed by atoms with Crippen molar-refractivity contribution >= 4 is 0 Å². The summed E-state index contributed by atoms with van der Waals surface area (Å²) in [4.78, 5) is 4.67. The van der Waals surface area contributed by atoms with Crippen molar-refractivity contribution in [3.8, 4) is 0 Å². The van der Waals surface area contributed by atoms with Crippen LogP contribution in [-0.4, -0.2) is 21.3 Å². The summed E-state index contributed by atoms with van der Waals surface area (Å²) < 4.78 is 2.14. The fourth-order valence-corrected chi connectivity index (χ4v) is 2.63. The lowest BCUT2D eigenvalue weighted by molar-refractivity contribution is 0.386. The molecule has 2 atom stereocenters. The Morgan fingerprint density at radius 2 is 2.27 bits per heavy atom. The largest absolute Gasteiger partial charge is 0.307 e. The van der Waals surface area contributed by atoms with Gasteiger partial charge >= 0.3 is 0 Å². The standard InChI is InChI=1S/C11H18N4/c1-8-4-2-6-10-13-11(14-15(8)10)9-5-3-7-12-9/h8-9,12H,2-7H2,1H3. The smallest absolute Gasteiger partial charge is 0.167 e. The lowest BCUT2D eigenvalue weighted by Gasteiger charge is -2.18. The van der Waals surface area contributed by atoms with Crippen molar-refractivity contribution in [3.05, 3.63) is 11.6 Å². The second-order valence-electron chi connectivity index (χ2n) is 4.72. The number of rotatable bonds is 1. The summed E-state index contributed by atoms with van der Waals surface area (Å²) in [5, 5.41) is 8.12. The number of nitrogens with zero attached hydrogens (tertiary/aromatic N) is 3. The van der Waals surface area contributed by atoms with Gasteiger partial charge in [-0.2, -0.15) is 5.10 Å². The molecule has 0 bridgehead atoms. The van der Waals surface area contributed by atoms with Crippen LogP contribution in [-0.2, 0) is 6.42 Å². The zero-order valence-corrected chi connectivity index (χ0v) is 9.24. The van der Waals surface area contributed by atoms with Crippen LogP contribution in [0.3, 0.4) is 0 Å². The van der Waals surface area contributed by atoms with E-state index < -0.39 is 0 Å². The van der Waals surface area contributed by atoms with Gasteiger partial charge in [-0.15, -0.1) is 0 Å². The molecule has 1 aromatic rings. The molecule has 0 amide bonds. The minimum atomic E-state index is 0.412. The molecular weight excluding hydrogens is 188 g/mol. The minimum Gasteiger partial charge on any atom is -0.307 e. The van der Waals surface area contributed by atoms with Crippen LogP contribution in [0.15, 0.2) is 0 Å². The van der Waals surface area contributed by atoms with Crippen molar-refractivity contribution in [1.29, 1.82) is 0 Å². The van der Waals surface area contributed by atoms with Crippen molar-refractivity contribution < 1.29 is 0 Å². The number of aromatic nitrogens is 3. The molecule has 1 fully saturated rings. The molecule has 0 saturated carbocycles. The van der Waals surface area contributed by atoms with Crippen LogP contribution in [0, 0.1) is 0 Å². The normalized spacial score (nSPS) is 30.5. The molecule has 1 aromatic heterocycles. The fraction of sp³-hybridized carbons (Fsp3) is 0.818. The van der Waals surface area contributed by atoms with E-state index in [0.29, 0.717) is 12.1 Å². The molecule has 0 spiro atoms. The molecule has 1 N–H and O–H groups in total. The number of aryl methyl sites for hydroxylation is 1. The monoisotopic (exact) mass is 206 g/mol. The highest BCUT2D eigenvalue weighted by Gasteiger charge is 2.25. The SMILES string of the molecule is CC1CCCc2nc(C3CCCN3)nn21. The average molecular weight is 206 g/mol. The molecule has 4 heteroatoms. The minimum absolute atomic E-state index is 0.412. The number of hydrogen-bond donors (Lipinski definition) is 1. The summed E-state index contributed by atoms with van der Waals surface area (Å²) in [6, 6.07) is 0.951. The summed E-state index contributed by atoms with van der Waals surface area (Å²) in [5.74, 6) is 2.22. The van der Waals surface area contributed by atoms with Crippen LogP contribution in [0.5, 0.6) is 0 Å². The Balaban J connectivity index is 1.90. The first kappa shape index (κ1) is 9.33. The van der Waals surface area contributed by atoms with E-state index in [9.17, 15) is 0 Å². The third-order valence-electron chi connectivity index (χ3n) is 3.53. The van der Waals surface area contributed by atoms with E-state index in [0.717, 1.165) is 18.8 Å². The van der Waals surface area contributed by atoms with Crippen molar-refractivity contribution in [2.24, 2.45) is 0 Å². The average Bonchev–Trinajstić information content (AvgIpc) is 2.86. The van der Waals surface area contributed by atoms with E-state index in [-0.39, 0.29) is 0 Å². The summed E-state index contributed by atoms with van der Waals surface area (Å²) in [6.45, 7) is 3.35. The highest BCUT2D eigenvalue weighted by Crippen LogP contribution is 2.26. The van der Waals surface area contributed by atoms with Crippen LogP contribution in [0.1, 0.15) is 56.3 Å². The van der Waals surface area contributed by atoms with Gasteiger partial charge in [-0.25, -0.2) is 9.67 Å².